The fourth-order valence-electron chi connectivity index (χ4n) is 8.13. The molecule has 2 saturated heterocycles. The second-order valence-electron chi connectivity index (χ2n) is 16.9. The zero-order valence-corrected chi connectivity index (χ0v) is 37.6. The SMILES string of the molecule is CC1(C)CCC(CN2CCN(c3ccc(C(=O)NS(=O)(=O)c4cnc(OCC5CCN(C[C@@H](F)CF)C5)c(Cl)c4)c(Oc4cnc(N)c(Cl)c4)c3)CC2)=C(c2ccc(Cl)cc2)C1. The fraction of sp³-hybridized carbons (Fsp3) is 0.432. The topological polar surface area (TPSA) is 143 Å². The second kappa shape index (κ2) is 19.6. The van der Waals surface area contributed by atoms with Crippen LogP contribution in [0, 0.1) is 11.3 Å². The lowest BCUT2D eigenvalue weighted by Crippen LogP contribution is -2.47. The second-order valence-corrected chi connectivity index (χ2v) is 19.8. The summed E-state index contributed by atoms with van der Waals surface area (Å²) >= 11 is 18.9. The van der Waals surface area contributed by atoms with Gasteiger partial charge in [-0.3, -0.25) is 14.6 Å². The van der Waals surface area contributed by atoms with Crippen molar-refractivity contribution >= 4 is 67.8 Å². The molecular weight excluding hydrogens is 883 g/mol. The Morgan fingerprint density at radius 3 is 2.45 bits per heavy atom. The number of nitrogens with one attached hydrogen (secondary N) is 1. The number of nitrogen functional groups attached to an aromatic ring is 1. The van der Waals surface area contributed by atoms with Crippen molar-refractivity contribution in [3.63, 3.8) is 0 Å². The molecule has 2 fully saturated rings. The molecule has 18 heteroatoms. The molecule has 7 rings (SSSR count). The van der Waals surface area contributed by atoms with Crippen LogP contribution < -0.4 is 24.8 Å². The van der Waals surface area contributed by atoms with Gasteiger partial charge in [0.05, 0.1) is 29.6 Å². The molecule has 2 aliphatic heterocycles. The summed E-state index contributed by atoms with van der Waals surface area (Å²) in [6.07, 6.45) is 4.74. The number of pyridine rings is 2. The first-order valence-electron chi connectivity index (χ1n) is 20.5. The molecule has 0 radical (unpaired) electrons. The summed E-state index contributed by atoms with van der Waals surface area (Å²) in [6, 6.07) is 15.7. The fourth-order valence-corrected chi connectivity index (χ4v) is 9.63. The van der Waals surface area contributed by atoms with Crippen LogP contribution in [-0.2, 0) is 10.0 Å². The van der Waals surface area contributed by atoms with Crippen LogP contribution in [0.3, 0.4) is 0 Å². The molecule has 332 valence electrons. The van der Waals surface area contributed by atoms with Crippen LogP contribution in [0.15, 0.2) is 77.5 Å². The van der Waals surface area contributed by atoms with Gasteiger partial charge in [0.25, 0.3) is 15.9 Å². The van der Waals surface area contributed by atoms with Gasteiger partial charge in [-0.05, 0) is 79.1 Å². The third-order valence-electron chi connectivity index (χ3n) is 11.6. The lowest BCUT2D eigenvalue weighted by molar-refractivity contribution is 0.0979. The van der Waals surface area contributed by atoms with E-state index >= 15 is 0 Å². The van der Waals surface area contributed by atoms with Crippen LogP contribution >= 0.6 is 34.8 Å². The Balaban J connectivity index is 1.04. The number of aromatic nitrogens is 2. The van der Waals surface area contributed by atoms with Crippen molar-refractivity contribution in [2.75, 3.05) is 76.3 Å². The molecule has 4 aromatic rings. The van der Waals surface area contributed by atoms with Gasteiger partial charge in [-0.2, -0.15) is 0 Å². The molecule has 2 aromatic carbocycles. The minimum atomic E-state index is -4.49. The Morgan fingerprint density at radius 2 is 1.74 bits per heavy atom. The molecule has 1 aliphatic carbocycles. The number of hydrogen-bond donors (Lipinski definition) is 2. The predicted molar refractivity (Wildman–Crippen MR) is 240 cm³/mol. The normalized spacial score (nSPS) is 19.1. The van der Waals surface area contributed by atoms with Crippen LogP contribution in [0.5, 0.6) is 17.4 Å². The maximum Gasteiger partial charge on any atom is 0.268 e. The lowest BCUT2D eigenvalue weighted by Gasteiger charge is -2.39. The summed E-state index contributed by atoms with van der Waals surface area (Å²) < 4.78 is 67.2. The number of nitrogens with two attached hydrogens (primary N) is 1. The van der Waals surface area contributed by atoms with Gasteiger partial charge >= 0.3 is 0 Å². The molecule has 1 unspecified atom stereocenters. The Bertz CT molecular complexity index is 2400. The van der Waals surface area contributed by atoms with Gasteiger partial charge in [-0.25, -0.2) is 31.9 Å². The van der Waals surface area contributed by atoms with Crippen molar-refractivity contribution in [3.05, 3.63) is 98.8 Å². The highest BCUT2D eigenvalue weighted by molar-refractivity contribution is 7.90. The smallest absolute Gasteiger partial charge is 0.268 e. The molecule has 1 amide bonds. The monoisotopic (exact) mass is 931 g/mol. The van der Waals surface area contributed by atoms with E-state index in [1.54, 1.807) is 12.1 Å². The summed E-state index contributed by atoms with van der Waals surface area (Å²) in [6.45, 7) is 8.84. The average molecular weight is 933 g/mol. The maximum atomic E-state index is 13.8. The summed E-state index contributed by atoms with van der Waals surface area (Å²) in [5.74, 6) is -0.577. The van der Waals surface area contributed by atoms with Gasteiger partial charge in [0.2, 0.25) is 5.88 Å². The van der Waals surface area contributed by atoms with Crippen LogP contribution in [0.1, 0.15) is 55.5 Å². The van der Waals surface area contributed by atoms with E-state index in [2.05, 4.69) is 50.5 Å². The number of carbonyl (C=O) groups excluding carboxylic acids is 1. The third kappa shape index (κ3) is 11.5. The molecule has 2 aromatic heterocycles. The molecule has 62 heavy (non-hydrogen) atoms. The Labute approximate surface area is 376 Å². The van der Waals surface area contributed by atoms with Crippen LogP contribution in [0.4, 0.5) is 20.3 Å². The summed E-state index contributed by atoms with van der Waals surface area (Å²) in [5.41, 5.74) is 10.8. The molecule has 2 atom stereocenters. The van der Waals surface area contributed by atoms with Crippen molar-refractivity contribution in [1.82, 2.24) is 24.5 Å². The van der Waals surface area contributed by atoms with Crippen molar-refractivity contribution in [2.45, 2.75) is 50.6 Å². The van der Waals surface area contributed by atoms with Gasteiger partial charge in [-0.1, -0.05) is 66.4 Å². The quantitative estimate of drug-likeness (QED) is 0.118. The molecule has 3 aliphatic rings. The van der Waals surface area contributed by atoms with Gasteiger partial charge < -0.3 is 20.1 Å². The summed E-state index contributed by atoms with van der Waals surface area (Å²) in [5, 5.41) is 0.779. The van der Waals surface area contributed by atoms with Crippen molar-refractivity contribution in [1.29, 1.82) is 0 Å². The predicted octanol–water partition coefficient (Wildman–Crippen LogP) is 8.72. The molecule has 12 nitrogen and oxygen atoms in total. The number of amides is 1. The van der Waals surface area contributed by atoms with E-state index in [0.717, 1.165) is 61.9 Å². The van der Waals surface area contributed by atoms with Crippen molar-refractivity contribution in [2.24, 2.45) is 11.3 Å². The minimum absolute atomic E-state index is 0.00296. The minimum Gasteiger partial charge on any atom is -0.476 e. The van der Waals surface area contributed by atoms with Gasteiger partial charge in [0.15, 0.2) is 0 Å². The number of ether oxygens (including phenoxy) is 2. The molecule has 0 saturated carbocycles. The van der Waals surface area contributed by atoms with Crippen LogP contribution in [0.25, 0.3) is 5.57 Å². The number of likely N-dealkylation sites (tertiary alicyclic amines) is 1. The van der Waals surface area contributed by atoms with E-state index in [-0.39, 0.29) is 68.2 Å². The molecule has 3 N–H and O–H groups in total. The van der Waals surface area contributed by atoms with Gasteiger partial charge in [0.1, 0.15) is 40.1 Å². The number of alkyl halides is 2. The number of anilines is 2. The summed E-state index contributed by atoms with van der Waals surface area (Å²) in [7, 11) is -4.49. The molecule has 4 heterocycles. The molecule has 0 spiro atoms. The van der Waals surface area contributed by atoms with Crippen molar-refractivity contribution < 1.29 is 31.5 Å². The maximum absolute atomic E-state index is 13.8. The number of allylic oxidation sites excluding steroid dienone is 1. The number of piperazine rings is 1. The van der Waals surface area contributed by atoms with Crippen molar-refractivity contribution in [3.8, 4) is 17.4 Å². The van der Waals surface area contributed by atoms with E-state index in [9.17, 15) is 22.0 Å². The third-order valence-corrected chi connectivity index (χ3v) is 13.7. The van der Waals surface area contributed by atoms with Gasteiger partial charge in [0, 0.05) is 74.6 Å². The Morgan fingerprint density at radius 1 is 0.984 bits per heavy atom. The number of rotatable bonds is 15. The first kappa shape index (κ1) is 45.8. The highest BCUT2D eigenvalue weighted by atomic mass is 35.5. The lowest BCUT2D eigenvalue weighted by atomic mass is 9.72. The number of halogens is 5. The number of nitrogens with zero attached hydrogens (tertiary/aromatic N) is 5. The van der Waals surface area contributed by atoms with E-state index in [1.807, 2.05) is 17.0 Å². The number of sulfonamides is 1. The first-order chi connectivity index (χ1) is 29.6. The van der Waals surface area contributed by atoms with E-state index in [0.29, 0.717) is 32.6 Å². The largest absolute Gasteiger partial charge is 0.476 e. The Hall–Kier alpha value is -4.25. The number of hydrogen-bond acceptors (Lipinski definition) is 11. The standard InChI is InChI=1S/C44H50Cl3F2N7O5S/c1-44(2)11-9-30(37(20-44)29-3-5-31(45)6-4-29)25-54-13-15-56(16-14-54)33-7-8-36(40(17-33)61-34-18-38(46)41(50)51-22-34)42(57)53-62(58,59)35-19-39(47)43(52-23-35)60-27-28-10-12-55(24-28)26-32(49)21-48/h3-8,17-19,22-23,28,32H,9-16,20-21,24-27H2,1-2H3,(H2,50,51)(H,53,57)/t28?,32-/m0/s1. The Kier molecular flexibility index (Phi) is 14.5. The van der Waals surface area contributed by atoms with Crippen LogP contribution in [-0.4, -0.2) is 106 Å². The average Bonchev–Trinajstić information content (AvgIpc) is 3.69. The van der Waals surface area contributed by atoms with Gasteiger partial charge in [-0.15, -0.1) is 0 Å². The molecule has 0 bridgehead atoms. The highest BCUT2D eigenvalue weighted by Gasteiger charge is 2.31. The van der Waals surface area contributed by atoms with Crippen LogP contribution in [0.2, 0.25) is 15.1 Å². The summed E-state index contributed by atoms with van der Waals surface area (Å²) in [4.78, 5) is 28.1. The van der Waals surface area contributed by atoms with E-state index < -0.39 is 28.8 Å². The zero-order valence-electron chi connectivity index (χ0n) is 34.6. The van der Waals surface area contributed by atoms with E-state index in [4.69, 9.17) is 50.0 Å². The number of carbonyl (C=O) groups is 1. The zero-order chi connectivity index (χ0) is 44.2. The molecular formula is C44H50Cl3F2N7O5S. The van der Waals surface area contributed by atoms with E-state index in [1.165, 1.54) is 35.0 Å². The number of benzene rings is 2. The first-order valence-corrected chi connectivity index (χ1v) is 23.1. The highest BCUT2D eigenvalue weighted by Crippen LogP contribution is 2.43.